The molecule has 1 aromatic rings. The molecule has 0 bridgehead atoms. The summed E-state index contributed by atoms with van der Waals surface area (Å²) in [6, 6.07) is 5.27. The summed E-state index contributed by atoms with van der Waals surface area (Å²) in [5.41, 5.74) is 0.821. The monoisotopic (exact) mass is 407 g/mol. The molecule has 0 spiro atoms. The lowest BCUT2D eigenvalue weighted by Crippen LogP contribution is -2.50. The molecule has 1 aromatic carbocycles. The van der Waals surface area contributed by atoms with Gasteiger partial charge in [0.15, 0.2) is 17.5 Å². The van der Waals surface area contributed by atoms with Crippen LogP contribution in [0.4, 0.5) is 4.39 Å². The number of hydrogen-bond donors (Lipinski definition) is 3. The Morgan fingerprint density at radius 1 is 1.28 bits per heavy atom. The van der Waals surface area contributed by atoms with E-state index >= 15 is 0 Å². The van der Waals surface area contributed by atoms with Gasteiger partial charge in [0, 0.05) is 39.3 Å². The van der Waals surface area contributed by atoms with Gasteiger partial charge in [-0.05, 0) is 43.9 Å². The SMILES string of the molecule is CCCNC(=O)CN1CCC(NC(=NC)NCc2ccc(OCC)c(F)c2)CC1. The van der Waals surface area contributed by atoms with Crippen molar-refractivity contribution in [2.75, 3.05) is 39.8 Å². The second kappa shape index (κ2) is 12.3. The van der Waals surface area contributed by atoms with Crippen molar-refractivity contribution in [3.8, 4) is 5.75 Å². The number of nitrogens with zero attached hydrogens (tertiary/aromatic N) is 2. The molecule has 1 saturated heterocycles. The molecule has 162 valence electrons. The number of carbonyl (C=O) groups excluding carboxylic acids is 1. The van der Waals surface area contributed by atoms with E-state index in [0.29, 0.717) is 31.7 Å². The number of hydrogen-bond acceptors (Lipinski definition) is 4. The fourth-order valence-corrected chi connectivity index (χ4v) is 3.26. The quantitative estimate of drug-likeness (QED) is 0.430. The zero-order valence-corrected chi connectivity index (χ0v) is 17.8. The molecule has 0 radical (unpaired) electrons. The second-order valence-electron chi connectivity index (χ2n) is 7.17. The number of piperidine rings is 1. The summed E-state index contributed by atoms with van der Waals surface area (Å²) in [6.45, 7) is 7.73. The van der Waals surface area contributed by atoms with Gasteiger partial charge in [0.05, 0.1) is 13.2 Å². The van der Waals surface area contributed by atoms with E-state index in [4.69, 9.17) is 4.74 Å². The number of likely N-dealkylation sites (tertiary alicyclic amines) is 1. The van der Waals surface area contributed by atoms with Gasteiger partial charge in [0.25, 0.3) is 0 Å². The predicted molar refractivity (Wildman–Crippen MR) is 114 cm³/mol. The van der Waals surface area contributed by atoms with Crippen LogP contribution in [0.2, 0.25) is 0 Å². The Labute approximate surface area is 173 Å². The van der Waals surface area contributed by atoms with Crippen LogP contribution in [0, 0.1) is 5.82 Å². The summed E-state index contributed by atoms with van der Waals surface area (Å²) >= 11 is 0. The Kier molecular flexibility index (Phi) is 9.70. The fraction of sp³-hybridized carbons (Fsp3) is 0.619. The maximum absolute atomic E-state index is 14.0. The van der Waals surface area contributed by atoms with Crippen LogP contribution >= 0.6 is 0 Å². The highest BCUT2D eigenvalue weighted by atomic mass is 19.1. The van der Waals surface area contributed by atoms with E-state index in [1.165, 1.54) is 6.07 Å². The Bertz CT molecular complexity index is 675. The van der Waals surface area contributed by atoms with E-state index < -0.39 is 0 Å². The lowest BCUT2D eigenvalue weighted by atomic mass is 10.1. The van der Waals surface area contributed by atoms with Gasteiger partial charge in [0.1, 0.15) is 0 Å². The van der Waals surface area contributed by atoms with E-state index in [2.05, 4.69) is 25.8 Å². The van der Waals surface area contributed by atoms with E-state index in [0.717, 1.165) is 44.5 Å². The third kappa shape index (κ3) is 7.89. The van der Waals surface area contributed by atoms with Crippen LogP contribution in [0.25, 0.3) is 0 Å². The zero-order valence-electron chi connectivity index (χ0n) is 17.8. The fourth-order valence-electron chi connectivity index (χ4n) is 3.26. The molecule has 0 saturated carbocycles. The van der Waals surface area contributed by atoms with E-state index in [1.807, 2.05) is 19.9 Å². The smallest absolute Gasteiger partial charge is 0.234 e. The maximum atomic E-state index is 14.0. The van der Waals surface area contributed by atoms with Crippen molar-refractivity contribution >= 4 is 11.9 Å². The molecule has 0 aliphatic carbocycles. The normalized spacial score (nSPS) is 15.8. The van der Waals surface area contributed by atoms with Gasteiger partial charge in [-0.1, -0.05) is 13.0 Å². The maximum Gasteiger partial charge on any atom is 0.234 e. The number of amides is 1. The molecular weight excluding hydrogens is 373 g/mol. The number of nitrogens with one attached hydrogen (secondary N) is 3. The molecular formula is C21H34FN5O2. The predicted octanol–water partition coefficient (Wildman–Crippen LogP) is 1.88. The number of aliphatic imine (C=N–C) groups is 1. The highest BCUT2D eigenvalue weighted by Gasteiger charge is 2.21. The van der Waals surface area contributed by atoms with E-state index in [1.54, 1.807) is 13.1 Å². The number of benzene rings is 1. The molecule has 0 unspecified atom stereocenters. The summed E-state index contributed by atoms with van der Waals surface area (Å²) in [5, 5.41) is 9.57. The van der Waals surface area contributed by atoms with E-state index in [-0.39, 0.29) is 17.5 Å². The van der Waals surface area contributed by atoms with Crippen LogP contribution < -0.4 is 20.7 Å². The molecule has 1 aliphatic heterocycles. The summed E-state index contributed by atoms with van der Waals surface area (Å²) in [4.78, 5) is 18.3. The zero-order chi connectivity index (χ0) is 21.1. The first-order chi connectivity index (χ1) is 14.0. The number of ether oxygens (including phenoxy) is 1. The van der Waals surface area contributed by atoms with Gasteiger partial charge < -0.3 is 20.7 Å². The summed E-state index contributed by atoms with van der Waals surface area (Å²) < 4.78 is 19.2. The topological polar surface area (TPSA) is 78.0 Å². The first-order valence-electron chi connectivity index (χ1n) is 10.4. The second-order valence-corrected chi connectivity index (χ2v) is 7.17. The van der Waals surface area contributed by atoms with Crippen molar-refractivity contribution in [3.63, 3.8) is 0 Å². The molecule has 0 aromatic heterocycles. The van der Waals surface area contributed by atoms with Crippen LogP contribution in [0.5, 0.6) is 5.75 Å². The number of guanidine groups is 1. The Morgan fingerprint density at radius 2 is 2.03 bits per heavy atom. The number of rotatable bonds is 9. The lowest BCUT2D eigenvalue weighted by molar-refractivity contribution is -0.122. The van der Waals surface area contributed by atoms with Crippen molar-refractivity contribution < 1.29 is 13.9 Å². The molecule has 0 atom stereocenters. The van der Waals surface area contributed by atoms with Gasteiger partial charge in [-0.25, -0.2) is 4.39 Å². The average Bonchev–Trinajstić information content (AvgIpc) is 2.72. The van der Waals surface area contributed by atoms with Crippen molar-refractivity contribution in [3.05, 3.63) is 29.6 Å². The Balaban J connectivity index is 1.74. The molecule has 1 fully saturated rings. The minimum Gasteiger partial charge on any atom is -0.491 e. The largest absolute Gasteiger partial charge is 0.491 e. The van der Waals surface area contributed by atoms with Crippen LogP contribution in [0.15, 0.2) is 23.2 Å². The average molecular weight is 408 g/mol. The third-order valence-electron chi connectivity index (χ3n) is 4.85. The van der Waals surface area contributed by atoms with Crippen molar-refractivity contribution in [2.45, 2.75) is 45.7 Å². The minimum atomic E-state index is -0.357. The van der Waals surface area contributed by atoms with Crippen molar-refractivity contribution in [1.29, 1.82) is 0 Å². The lowest BCUT2D eigenvalue weighted by Gasteiger charge is -2.32. The highest BCUT2D eigenvalue weighted by molar-refractivity contribution is 5.80. The summed E-state index contributed by atoms with van der Waals surface area (Å²) in [7, 11) is 1.72. The van der Waals surface area contributed by atoms with Gasteiger partial charge in [-0.15, -0.1) is 0 Å². The first-order valence-corrected chi connectivity index (χ1v) is 10.4. The molecule has 1 aliphatic rings. The molecule has 7 nitrogen and oxygen atoms in total. The molecule has 29 heavy (non-hydrogen) atoms. The standard InChI is InChI=1S/C21H34FN5O2/c1-4-10-24-20(28)15-27-11-8-17(9-12-27)26-21(23-3)25-14-16-6-7-19(29-5-2)18(22)13-16/h6-7,13,17H,4-5,8-12,14-15H2,1-3H3,(H,24,28)(H2,23,25,26). The van der Waals surface area contributed by atoms with Crippen LogP contribution in [-0.2, 0) is 11.3 Å². The van der Waals surface area contributed by atoms with Crippen LogP contribution in [0.1, 0.15) is 38.7 Å². The van der Waals surface area contributed by atoms with Gasteiger partial charge in [0.2, 0.25) is 5.91 Å². The van der Waals surface area contributed by atoms with Crippen LogP contribution in [0.3, 0.4) is 0 Å². The van der Waals surface area contributed by atoms with Crippen LogP contribution in [-0.4, -0.2) is 62.6 Å². The third-order valence-corrected chi connectivity index (χ3v) is 4.85. The first kappa shape index (κ1) is 22.9. The molecule has 3 N–H and O–H groups in total. The minimum absolute atomic E-state index is 0.0957. The molecule has 8 heteroatoms. The Hall–Kier alpha value is -2.35. The van der Waals surface area contributed by atoms with E-state index in [9.17, 15) is 9.18 Å². The summed E-state index contributed by atoms with van der Waals surface area (Å²) in [5.74, 6) is 0.704. The molecule has 2 rings (SSSR count). The number of carbonyl (C=O) groups is 1. The van der Waals surface area contributed by atoms with Gasteiger partial charge in [-0.3, -0.25) is 14.7 Å². The van der Waals surface area contributed by atoms with Crippen molar-refractivity contribution in [2.24, 2.45) is 4.99 Å². The van der Waals surface area contributed by atoms with Gasteiger partial charge in [-0.2, -0.15) is 0 Å². The Morgan fingerprint density at radius 3 is 2.66 bits per heavy atom. The number of halogens is 1. The molecule has 1 heterocycles. The highest BCUT2D eigenvalue weighted by Crippen LogP contribution is 2.18. The van der Waals surface area contributed by atoms with Gasteiger partial charge >= 0.3 is 0 Å². The molecule has 1 amide bonds. The summed E-state index contributed by atoms with van der Waals surface area (Å²) in [6.07, 6.45) is 2.84. The van der Waals surface area contributed by atoms with Crippen molar-refractivity contribution in [1.82, 2.24) is 20.9 Å².